The Balaban J connectivity index is 2.20. The Morgan fingerprint density at radius 2 is 1.71 bits per heavy atom. The summed E-state index contributed by atoms with van der Waals surface area (Å²) in [4.78, 5) is 0. The Morgan fingerprint density at radius 3 is 2.29 bits per heavy atom. The van der Waals surface area contributed by atoms with Crippen LogP contribution in [-0.2, 0) is 0 Å². The van der Waals surface area contributed by atoms with Gasteiger partial charge in [0, 0.05) is 4.47 Å². The van der Waals surface area contributed by atoms with Crippen LogP contribution >= 0.6 is 15.9 Å². The van der Waals surface area contributed by atoms with E-state index in [1.807, 2.05) is 25.1 Å². The summed E-state index contributed by atoms with van der Waals surface area (Å²) < 4.78 is 6.69. The van der Waals surface area contributed by atoms with E-state index in [1.54, 1.807) is 24.3 Å². The van der Waals surface area contributed by atoms with Crippen LogP contribution in [0.25, 0.3) is 0 Å². The lowest BCUT2D eigenvalue weighted by atomic mass is 10.2. The number of halogens is 1. The molecule has 0 fully saturated rings. The number of ether oxygens (including phenoxy) is 1. The molecule has 0 aliphatic carbocycles. The van der Waals surface area contributed by atoms with Gasteiger partial charge in [0.05, 0.1) is 11.6 Å². The van der Waals surface area contributed by atoms with E-state index in [2.05, 4.69) is 22.0 Å². The minimum Gasteiger partial charge on any atom is -0.457 e. The Hall–Kier alpha value is -1.79. The van der Waals surface area contributed by atoms with Gasteiger partial charge in [0.2, 0.25) is 0 Å². The molecule has 0 aliphatic rings. The third kappa shape index (κ3) is 2.86. The van der Waals surface area contributed by atoms with Gasteiger partial charge < -0.3 is 4.74 Å². The Bertz CT molecular complexity index is 570. The average molecular weight is 288 g/mol. The van der Waals surface area contributed by atoms with Gasteiger partial charge in [-0.2, -0.15) is 5.26 Å². The number of rotatable bonds is 2. The molecule has 0 spiro atoms. The van der Waals surface area contributed by atoms with Crippen molar-refractivity contribution in [3.05, 3.63) is 58.1 Å². The van der Waals surface area contributed by atoms with Crippen molar-refractivity contribution in [2.75, 3.05) is 0 Å². The molecule has 0 aromatic heterocycles. The fraction of sp³-hybridized carbons (Fsp3) is 0.0714. The molecule has 0 heterocycles. The third-order valence-electron chi connectivity index (χ3n) is 2.36. The van der Waals surface area contributed by atoms with E-state index in [1.165, 1.54) is 0 Å². The van der Waals surface area contributed by atoms with Crippen molar-refractivity contribution < 1.29 is 4.74 Å². The van der Waals surface area contributed by atoms with Crippen molar-refractivity contribution in [2.45, 2.75) is 6.92 Å². The molecular formula is C14H10BrNO. The van der Waals surface area contributed by atoms with Gasteiger partial charge in [-0.15, -0.1) is 0 Å². The van der Waals surface area contributed by atoms with Gasteiger partial charge in [-0.1, -0.05) is 22.0 Å². The van der Waals surface area contributed by atoms with Gasteiger partial charge in [-0.3, -0.25) is 0 Å². The smallest absolute Gasteiger partial charge is 0.128 e. The summed E-state index contributed by atoms with van der Waals surface area (Å²) in [6, 6.07) is 14.9. The fourth-order valence-electron chi connectivity index (χ4n) is 1.37. The first-order valence-electron chi connectivity index (χ1n) is 5.13. The molecule has 17 heavy (non-hydrogen) atoms. The summed E-state index contributed by atoms with van der Waals surface area (Å²) in [5, 5.41) is 8.69. The van der Waals surface area contributed by atoms with Crippen LogP contribution < -0.4 is 4.74 Å². The minimum atomic E-state index is 0.627. The predicted molar refractivity (Wildman–Crippen MR) is 70.1 cm³/mol. The van der Waals surface area contributed by atoms with Gasteiger partial charge >= 0.3 is 0 Å². The number of hydrogen-bond donors (Lipinski definition) is 0. The second-order valence-corrected chi connectivity index (χ2v) is 4.50. The molecule has 2 rings (SSSR count). The van der Waals surface area contributed by atoms with Crippen molar-refractivity contribution in [1.29, 1.82) is 5.26 Å². The molecular weight excluding hydrogens is 278 g/mol. The standard InChI is InChI=1S/C14H10BrNO/c1-10-2-5-13(8-14(10)15)17-12-6-3-11(9-16)4-7-12/h2-8H,1H3. The zero-order valence-electron chi connectivity index (χ0n) is 9.27. The summed E-state index contributed by atoms with van der Waals surface area (Å²) in [7, 11) is 0. The van der Waals surface area contributed by atoms with Crippen LogP contribution in [0, 0.1) is 18.3 Å². The lowest BCUT2D eigenvalue weighted by Gasteiger charge is -2.07. The van der Waals surface area contributed by atoms with Gasteiger partial charge in [0.25, 0.3) is 0 Å². The summed E-state index contributed by atoms with van der Waals surface area (Å²) in [5.74, 6) is 1.49. The highest BCUT2D eigenvalue weighted by Gasteiger charge is 2.00. The normalized spacial score (nSPS) is 9.71. The third-order valence-corrected chi connectivity index (χ3v) is 3.22. The first-order chi connectivity index (χ1) is 8.19. The van der Waals surface area contributed by atoms with Crippen molar-refractivity contribution in [1.82, 2.24) is 0 Å². The van der Waals surface area contributed by atoms with Crippen LogP contribution in [0.4, 0.5) is 0 Å². The number of nitriles is 1. The molecule has 0 radical (unpaired) electrons. The van der Waals surface area contributed by atoms with Crippen molar-refractivity contribution in [3.63, 3.8) is 0 Å². The lowest BCUT2D eigenvalue weighted by molar-refractivity contribution is 0.482. The first-order valence-corrected chi connectivity index (χ1v) is 5.92. The van der Waals surface area contributed by atoms with E-state index in [4.69, 9.17) is 10.00 Å². The molecule has 0 bridgehead atoms. The summed E-state index contributed by atoms with van der Waals surface area (Å²) >= 11 is 3.46. The van der Waals surface area contributed by atoms with Crippen molar-refractivity contribution >= 4 is 15.9 Å². The molecule has 84 valence electrons. The highest BCUT2D eigenvalue weighted by molar-refractivity contribution is 9.10. The predicted octanol–water partition coefficient (Wildman–Crippen LogP) is 4.42. The quantitative estimate of drug-likeness (QED) is 0.819. The van der Waals surface area contributed by atoms with E-state index in [0.717, 1.165) is 21.5 Å². The summed E-state index contributed by atoms with van der Waals surface area (Å²) in [5.41, 5.74) is 1.79. The largest absolute Gasteiger partial charge is 0.457 e. The second kappa shape index (κ2) is 5.03. The number of hydrogen-bond acceptors (Lipinski definition) is 2. The maximum atomic E-state index is 8.69. The van der Waals surface area contributed by atoms with Gasteiger partial charge in [0.15, 0.2) is 0 Å². The van der Waals surface area contributed by atoms with Gasteiger partial charge in [-0.25, -0.2) is 0 Å². The van der Waals surface area contributed by atoms with Crippen molar-refractivity contribution in [3.8, 4) is 17.6 Å². The molecule has 2 aromatic carbocycles. The van der Waals surface area contributed by atoms with Crippen LogP contribution in [-0.4, -0.2) is 0 Å². The fourth-order valence-corrected chi connectivity index (χ4v) is 1.73. The Kier molecular flexibility index (Phi) is 3.46. The van der Waals surface area contributed by atoms with E-state index < -0.39 is 0 Å². The summed E-state index contributed by atoms with van der Waals surface area (Å²) in [6.07, 6.45) is 0. The number of nitrogens with zero attached hydrogens (tertiary/aromatic N) is 1. The Labute approximate surface area is 109 Å². The molecule has 0 saturated carbocycles. The SMILES string of the molecule is Cc1ccc(Oc2ccc(C#N)cc2)cc1Br. The zero-order chi connectivity index (χ0) is 12.3. The average Bonchev–Trinajstić information content (AvgIpc) is 2.35. The maximum absolute atomic E-state index is 8.69. The zero-order valence-corrected chi connectivity index (χ0v) is 10.9. The molecule has 2 nitrogen and oxygen atoms in total. The molecule has 0 atom stereocenters. The molecule has 0 amide bonds. The van der Waals surface area contributed by atoms with Crippen LogP contribution in [0.5, 0.6) is 11.5 Å². The topological polar surface area (TPSA) is 33.0 Å². The lowest BCUT2D eigenvalue weighted by Crippen LogP contribution is -1.85. The maximum Gasteiger partial charge on any atom is 0.128 e. The molecule has 0 aliphatic heterocycles. The highest BCUT2D eigenvalue weighted by atomic mass is 79.9. The van der Waals surface area contributed by atoms with Gasteiger partial charge in [0.1, 0.15) is 11.5 Å². The van der Waals surface area contributed by atoms with E-state index in [9.17, 15) is 0 Å². The van der Waals surface area contributed by atoms with Gasteiger partial charge in [-0.05, 0) is 48.9 Å². The molecule has 2 aromatic rings. The minimum absolute atomic E-state index is 0.627. The first kappa shape index (κ1) is 11.7. The molecule has 0 saturated heterocycles. The van der Waals surface area contributed by atoms with E-state index in [0.29, 0.717) is 5.56 Å². The summed E-state index contributed by atoms with van der Waals surface area (Å²) in [6.45, 7) is 2.02. The molecule has 0 N–H and O–H groups in total. The van der Waals surface area contributed by atoms with Crippen LogP contribution in [0.1, 0.15) is 11.1 Å². The van der Waals surface area contributed by atoms with E-state index >= 15 is 0 Å². The molecule has 3 heteroatoms. The van der Waals surface area contributed by atoms with E-state index in [-0.39, 0.29) is 0 Å². The number of benzene rings is 2. The van der Waals surface area contributed by atoms with Crippen LogP contribution in [0.15, 0.2) is 46.9 Å². The highest BCUT2D eigenvalue weighted by Crippen LogP contribution is 2.26. The number of aryl methyl sites for hydroxylation is 1. The van der Waals surface area contributed by atoms with Crippen LogP contribution in [0.3, 0.4) is 0 Å². The van der Waals surface area contributed by atoms with Crippen molar-refractivity contribution in [2.24, 2.45) is 0 Å². The van der Waals surface area contributed by atoms with Crippen LogP contribution in [0.2, 0.25) is 0 Å². The second-order valence-electron chi connectivity index (χ2n) is 3.65. The molecule has 0 unspecified atom stereocenters. The monoisotopic (exact) mass is 287 g/mol. The Morgan fingerprint density at radius 1 is 1.06 bits per heavy atom.